The molecular weight excluding hydrogens is 1720 g/mol. The molecule has 12 heterocycles. The SMILES string of the molecule is CCCCCCc1cc(-c2cc3c(-c4ccc(CC(CC)CCCC)s4)c4sc(-c5cc(CCCCCC)c(-c6ccc(-c7sc(-c8cc(Cl)c(CCCCCC)c9snnc89)cc7CCCCCC)s6)s5)cc4c(-c4ccc(CC(CC)CCCC)s4)c3s2)sc1-c1ccc(-c2sc(-c3cc(Cl)c(C)c4snnc34)cc2CCCCCC)s1. The van der Waals surface area contributed by atoms with Gasteiger partial charge < -0.3 is 0 Å². The number of hydrogen-bond acceptors (Lipinski definition) is 16. The monoisotopic (exact) mass is 1840 g/mol. The number of rotatable bonds is 47. The average molecular weight is 1840 g/mol. The number of aryl methyl sites for hydroxylation is 6. The second-order valence-corrected chi connectivity index (χ2v) is 46.4. The van der Waals surface area contributed by atoms with E-state index in [0.717, 1.165) is 98.5 Å². The summed E-state index contributed by atoms with van der Waals surface area (Å²) in [5.41, 5.74) is 15.2. The number of thiophene rings is 10. The molecule has 0 radical (unpaired) electrons. The molecule has 0 aliphatic heterocycles. The van der Waals surface area contributed by atoms with Crippen LogP contribution in [0.15, 0.2) is 97.1 Å². The first-order chi connectivity index (χ1) is 58.3. The Balaban J connectivity index is 0.869. The third kappa shape index (κ3) is 20.6. The maximum atomic E-state index is 7.35. The standard InChI is InChI=1S/C101H118Cl2N4S12/c1-11-20-27-32-39-65-54-84(72-58-76(102)62(10)94-92(72)104-106-118-94)112-95(65)80-48-50-82(110-80)97-67(41-34-29-22-13-3)56-86(114-97)88-60-74-90(78-46-44-69(108-78)52-63(18-8)37-25-16-6)100-75(91(99(74)116-88)79-47-45-70(109-79)53-64(19-9)38-26-17-7)61-89(117-100)87-57-68(42-35-30-23-14-4)98(115-87)83-51-49-81(111-83)96-66(40-33-28-21-12-2)55-85(113-96)73-59-77(103)71(43-36-31-24-15-5)101-93(73)105-107-119-101/h44-51,54-61,63-64H,11-43,52-53H2,1-10H3. The largest absolute Gasteiger partial charge is 0.140 e. The van der Waals surface area contributed by atoms with Crippen molar-refractivity contribution < 1.29 is 0 Å². The lowest BCUT2D eigenvalue weighted by molar-refractivity contribution is 0.452. The molecule has 0 saturated heterocycles. The van der Waals surface area contributed by atoms with Crippen LogP contribution in [-0.2, 0) is 44.9 Å². The van der Waals surface area contributed by atoms with Gasteiger partial charge in [0, 0.05) is 140 Å². The van der Waals surface area contributed by atoms with E-state index in [4.69, 9.17) is 33.4 Å². The van der Waals surface area contributed by atoms with Crippen LogP contribution in [0.5, 0.6) is 0 Å². The Kier molecular flexibility index (Phi) is 32.3. The van der Waals surface area contributed by atoms with E-state index in [9.17, 15) is 0 Å². The molecule has 119 heavy (non-hydrogen) atoms. The number of aromatic nitrogens is 4. The first-order valence-corrected chi connectivity index (χ1v) is 55.6. The van der Waals surface area contributed by atoms with Gasteiger partial charge in [0.2, 0.25) is 0 Å². The van der Waals surface area contributed by atoms with Gasteiger partial charge in [0.15, 0.2) is 0 Å². The highest BCUT2D eigenvalue weighted by atomic mass is 35.5. The fourth-order valence-corrected chi connectivity index (χ4v) is 32.1. The number of fused-ring (bicyclic) bond motifs is 4. The summed E-state index contributed by atoms with van der Waals surface area (Å²) in [5, 5.41) is 14.0. The molecular formula is C101H118Cl2N4S12. The summed E-state index contributed by atoms with van der Waals surface area (Å²) in [4.78, 5) is 25.1. The lowest BCUT2D eigenvalue weighted by atomic mass is 9.95. The third-order valence-corrected chi connectivity index (χ3v) is 39.4. The molecule has 2 unspecified atom stereocenters. The molecule has 628 valence electrons. The van der Waals surface area contributed by atoms with Gasteiger partial charge in [-0.05, 0) is 249 Å². The molecule has 15 aromatic rings. The summed E-state index contributed by atoms with van der Waals surface area (Å²) in [6.07, 6.45) is 42.1. The van der Waals surface area contributed by atoms with E-state index in [2.05, 4.69) is 243 Å². The first kappa shape index (κ1) is 89.2. The van der Waals surface area contributed by atoms with E-state index in [0.29, 0.717) is 11.8 Å². The summed E-state index contributed by atoms with van der Waals surface area (Å²) >= 11 is 37.6. The smallest absolute Gasteiger partial charge is 0.114 e. The zero-order valence-electron chi connectivity index (χ0n) is 71.6. The van der Waals surface area contributed by atoms with E-state index in [1.54, 1.807) is 0 Å². The molecule has 3 aromatic carbocycles. The van der Waals surface area contributed by atoms with Crippen LogP contribution in [0.1, 0.15) is 285 Å². The number of benzene rings is 3. The van der Waals surface area contributed by atoms with Crippen LogP contribution in [0.2, 0.25) is 10.0 Å². The zero-order valence-corrected chi connectivity index (χ0v) is 82.9. The van der Waals surface area contributed by atoms with E-state index in [-0.39, 0.29) is 0 Å². The van der Waals surface area contributed by atoms with E-state index in [1.165, 1.54) is 343 Å². The van der Waals surface area contributed by atoms with Gasteiger partial charge in [-0.3, -0.25) is 0 Å². The maximum absolute atomic E-state index is 7.35. The highest BCUT2D eigenvalue weighted by Gasteiger charge is 2.30. The molecule has 0 saturated carbocycles. The highest BCUT2D eigenvalue weighted by Crippen LogP contribution is 2.58. The Morgan fingerprint density at radius 3 is 1.04 bits per heavy atom. The average Bonchev–Trinajstić information content (AvgIpc) is 1.56. The quantitative estimate of drug-likeness (QED) is 0.0357. The van der Waals surface area contributed by atoms with Crippen molar-refractivity contribution in [1.29, 1.82) is 0 Å². The Morgan fingerprint density at radius 2 is 0.647 bits per heavy atom. The molecule has 0 aliphatic rings. The van der Waals surface area contributed by atoms with Gasteiger partial charge in [-0.25, -0.2) is 0 Å². The summed E-state index contributed by atoms with van der Waals surface area (Å²) in [5.74, 6) is 1.37. The van der Waals surface area contributed by atoms with Crippen molar-refractivity contribution in [2.24, 2.45) is 11.8 Å². The molecule has 0 amide bonds. The van der Waals surface area contributed by atoms with Crippen LogP contribution in [-0.4, -0.2) is 19.2 Å². The molecule has 0 fully saturated rings. The molecule has 18 heteroatoms. The van der Waals surface area contributed by atoms with E-state index in [1.807, 2.05) is 45.3 Å². The molecule has 12 aromatic heterocycles. The van der Waals surface area contributed by atoms with Crippen molar-refractivity contribution >= 4 is 200 Å². The maximum Gasteiger partial charge on any atom is 0.114 e. The third-order valence-electron chi connectivity index (χ3n) is 24.5. The van der Waals surface area contributed by atoms with Crippen molar-refractivity contribution in [2.75, 3.05) is 0 Å². The fraction of sp³-hybridized carbons (Fsp3) is 0.465. The lowest BCUT2D eigenvalue weighted by Gasteiger charge is -2.13. The number of halogens is 2. The predicted octanol–water partition coefficient (Wildman–Crippen LogP) is 39.0. The first-order valence-electron chi connectivity index (χ1n) is 45.1. The summed E-state index contributed by atoms with van der Waals surface area (Å²) in [6, 6.07) is 39.9. The van der Waals surface area contributed by atoms with Crippen LogP contribution in [0, 0.1) is 18.8 Å². The molecule has 4 nitrogen and oxygen atoms in total. The van der Waals surface area contributed by atoms with E-state index < -0.39 is 0 Å². The Morgan fingerprint density at radius 1 is 0.303 bits per heavy atom. The minimum absolute atomic E-state index is 0.687. The van der Waals surface area contributed by atoms with Crippen LogP contribution >= 0.6 is 160 Å². The fourth-order valence-electron chi connectivity index (χ4n) is 17.5. The van der Waals surface area contributed by atoms with Crippen molar-refractivity contribution in [2.45, 2.75) is 294 Å². The second kappa shape index (κ2) is 43.1. The van der Waals surface area contributed by atoms with Gasteiger partial charge in [-0.2, -0.15) is 0 Å². The zero-order chi connectivity index (χ0) is 82.5. The molecule has 2 atom stereocenters. The van der Waals surface area contributed by atoms with Gasteiger partial charge in [-0.15, -0.1) is 124 Å². The van der Waals surface area contributed by atoms with Crippen molar-refractivity contribution in [3.63, 3.8) is 0 Å². The predicted molar refractivity (Wildman–Crippen MR) is 545 cm³/mol. The van der Waals surface area contributed by atoms with Gasteiger partial charge in [0.05, 0.1) is 9.40 Å². The van der Waals surface area contributed by atoms with Gasteiger partial charge >= 0.3 is 0 Å². The molecule has 15 rings (SSSR count). The summed E-state index contributed by atoms with van der Waals surface area (Å²) in [6.45, 7) is 23.2. The Bertz CT molecular complexity index is 5670. The summed E-state index contributed by atoms with van der Waals surface area (Å²) in [7, 11) is 0. The number of nitrogens with zero attached hydrogens (tertiary/aromatic N) is 4. The molecule has 0 aliphatic carbocycles. The van der Waals surface area contributed by atoms with Gasteiger partial charge in [-0.1, -0.05) is 242 Å². The van der Waals surface area contributed by atoms with Crippen LogP contribution in [0.3, 0.4) is 0 Å². The van der Waals surface area contributed by atoms with Crippen molar-refractivity contribution in [1.82, 2.24) is 19.2 Å². The van der Waals surface area contributed by atoms with Crippen molar-refractivity contribution in [3.05, 3.63) is 150 Å². The van der Waals surface area contributed by atoms with Crippen LogP contribution in [0.4, 0.5) is 0 Å². The Hall–Kier alpha value is -4.60. The van der Waals surface area contributed by atoms with Gasteiger partial charge in [0.1, 0.15) is 11.0 Å². The minimum atomic E-state index is 0.687. The minimum Gasteiger partial charge on any atom is -0.140 e. The van der Waals surface area contributed by atoms with E-state index >= 15 is 0 Å². The lowest BCUT2D eigenvalue weighted by Crippen LogP contribution is -2.01. The van der Waals surface area contributed by atoms with Crippen LogP contribution in [0.25, 0.3) is 141 Å². The molecule has 0 bridgehead atoms. The highest BCUT2D eigenvalue weighted by molar-refractivity contribution is 7.32. The number of hydrogen-bond donors (Lipinski definition) is 0. The normalized spacial score (nSPS) is 12.6. The second-order valence-electron chi connectivity index (χ2n) is 33.3. The topological polar surface area (TPSA) is 51.6 Å². The Labute approximate surface area is 767 Å². The molecule has 0 spiro atoms. The molecule has 0 N–H and O–H groups in total. The van der Waals surface area contributed by atoms with Crippen molar-refractivity contribution in [3.8, 4) is 100 Å². The number of unbranched alkanes of at least 4 members (excludes halogenated alkanes) is 17. The van der Waals surface area contributed by atoms with Gasteiger partial charge in [0.25, 0.3) is 0 Å². The summed E-state index contributed by atoms with van der Waals surface area (Å²) < 4.78 is 14.1. The van der Waals surface area contributed by atoms with Crippen LogP contribution < -0.4 is 0 Å².